The fourth-order valence-corrected chi connectivity index (χ4v) is 2.27. The van der Waals surface area contributed by atoms with Crippen molar-refractivity contribution in [2.24, 2.45) is 0 Å². The molecule has 8 nitrogen and oxygen atoms in total. The molecule has 0 aromatic rings. The van der Waals surface area contributed by atoms with Gasteiger partial charge in [-0.05, 0) is 9.13 Å². The maximum atomic E-state index is 11.4. The molecule has 0 bridgehead atoms. The average Bonchev–Trinajstić information content (AvgIpc) is 1.76. The van der Waals surface area contributed by atoms with Gasteiger partial charge in [0.05, 0.1) is 0 Å². The van der Waals surface area contributed by atoms with E-state index in [0.717, 1.165) is 0 Å². The van der Waals surface area contributed by atoms with Crippen molar-refractivity contribution in [3.63, 3.8) is 0 Å². The average molecular weight is 314 g/mol. The SMILES string of the molecule is O=C(O)C[N+]([O-])(C[P+](=O)O)C[P+](=O)O.[Na].[Na].[Na]. The Morgan fingerprint density at radius 2 is 1.35 bits per heavy atom. The molecule has 83 valence electrons. The molecule has 2 atom stereocenters. The summed E-state index contributed by atoms with van der Waals surface area (Å²) in [6.45, 7) is -1.01. The second-order valence-corrected chi connectivity index (χ2v) is 4.57. The molecule has 13 heteroatoms. The molecule has 0 saturated heterocycles. The maximum Gasteiger partial charge on any atom is 0.566 e. The van der Waals surface area contributed by atoms with E-state index >= 15 is 0 Å². The second-order valence-electron chi connectivity index (χ2n) is 2.60. The van der Waals surface area contributed by atoms with Crippen LogP contribution in [0, 0.1) is 5.21 Å². The molecule has 3 radical (unpaired) electrons. The van der Waals surface area contributed by atoms with Crippen LogP contribution in [-0.2, 0) is 13.9 Å². The van der Waals surface area contributed by atoms with E-state index in [9.17, 15) is 19.1 Å². The van der Waals surface area contributed by atoms with Crippen molar-refractivity contribution < 1.29 is 33.5 Å². The molecule has 0 aliphatic carbocycles. The fourth-order valence-electron chi connectivity index (χ4n) is 0.832. The van der Waals surface area contributed by atoms with E-state index in [-0.39, 0.29) is 88.7 Å². The normalized spacial score (nSPS) is 14.1. The third kappa shape index (κ3) is 16.5. The topological polar surface area (TPSA) is 135 Å². The van der Waals surface area contributed by atoms with Gasteiger partial charge in [-0.3, -0.25) is 4.65 Å². The predicted octanol–water partition coefficient (Wildman–Crippen LogP) is -1.37. The minimum atomic E-state index is -2.84. The summed E-state index contributed by atoms with van der Waals surface area (Å²) >= 11 is 0. The van der Waals surface area contributed by atoms with E-state index in [2.05, 4.69) is 0 Å². The molecular weight excluding hydrogens is 305 g/mol. The van der Waals surface area contributed by atoms with Crippen LogP contribution in [0.3, 0.4) is 0 Å². The summed E-state index contributed by atoms with van der Waals surface area (Å²) in [4.78, 5) is 27.1. The minimum Gasteiger partial charge on any atom is -0.626 e. The van der Waals surface area contributed by atoms with Gasteiger partial charge in [0.15, 0.2) is 6.54 Å². The monoisotopic (exact) mass is 314 g/mol. The Balaban J connectivity index is -0.000000282. The minimum absolute atomic E-state index is 0. The summed E-state index contributed by atoms with van der Waals surface area (Å²) in [5.74, 6) is -1.49. The van der Waals surface area contributed by atoms with Crippen molar-refractivity contribution >= 4 is 111 Å². The van der Waals surface area contributed by atoms with Gasteiger partial charge in [-0.1, -0.05) is 0 Å². The van der Waals surface area contributed by atoms with Crippen molar-refractivity contribution in [3.8, 4) is 0 Å². The standard InChI is InChI=1S/C4H7NO7P2.3Na/c6-4(7)1-5(8,2-13(9)10)3-14(11)12;;;/h1-3H2,(H-2,6,7,9,10,11,12);;;/p+2. The molecule has 17 heavy (non-hydrogen) atoms. The van der Waals surface area contributed by atoms with Crippen LogP contribution in [0.4, 0.5) is 0 Å². The molecule has 0 saturated carbocycles. The smallest absolute Gasteiger partial charge is 0.566 e. The third-order valence-corrected chi connectivity index (χ3v) is 2.70. The summed E-state index contributed by atoms with van der Waals surface area (Å²) in [5.41, 5.74) is 0. The number of nitrogens with zero attached hydrogens (tertiary/aromatic N) is 1. The quantitative estimate of drug-likeness (QED) is 0.238. The molecule has 0 aromatic carbocycles. The van der Waals surface area contributed by atoms with Gasteiger partial charge < -0.3 is 10.3 Å². The van der Waals surface area contributed by atoms with Crippen LogP contribution < -0.4 is 0 Å². The molecule has 2 unspecified atom stereocenters. The van der Waals surface area contributed by atoms with Crippen LogP contribution in [0.25, 0.3) is 0 Å². The molecule has 0 spiro atoms. The van der Waals surface area contributed by atoms with Gasteiger partial charge in [0.1, 0.15) is 0 Å². The Kier molecular flexibility index (Phi) is 22.1. The van der Waals surface area contributed by atoms with Crippen molar-refractivity contribution in [2.45, 2.75) is 0 Å². The summed E-state index contributed by atoms with van der Waals surface area (Å²) in [5, 5.41) is 19.7. The molecule has 3 N–H and O–H groups in total. The number of aliphatic carboxylic acids is 1. The Bertz CT molecular complexity index is 237. The van der Waals surface area contributed by atoms with Gasteiger partial charge in [-0.15, -0.1) is 0 Å². The van der Waals surface area contributed by atoms with Crippen LogP contribution in [0.5, 0.6) is 0 Å². The number of carbonyl (C=O) groups is 1. The van der Waals surface area contributed by atoms with Gasteiger partial charge in [0, 0.05) is 88.7 Å². The Morgan fingerprint density at radius 1 is 1.06 bits per heavy atom. The van der Waals surface area contributed by atoms with Crippen LogP contribution in [0.15, 0.2) is 0 Å². The first kappa shape index (κ1) is 27.8. The van der Waals surface area contributed by atoms with E-state index in [1.54, 1.807) is 0 Å². The van der Waals surface area contributed by atoms with Crippen LogP contribution in [0.2, 0.25) is 0 Å². The second kappa shape index (κ2) is 13.5. The first-order valence-corrected chi connectivity index (χ1v) is 6.11. The number of carboxylic acid groups (broad SMARTS) is 1. The third-order valence-electron chi connectivity index (χ3n) is 1.18. The molecule has 0 aliphatic rings. The zero-order valence-corrected chi connectivity index (χ0v) is 17.7. The molecule has 0 amide bonds. The van der Waals surface area contributed by atoms with Crippen LogP contribution >= 0.6 is 16.1 Å². The first-order valence-electron chi connectivity index (χ1n) is 3.31. The van der Waals surface area contributed by atoms with E-state index in [0.29, 0.717) is 0 Å². The Hall–Kier alpha value is 2.51. The molecule has 0 aliphatic heterocycles. The number of hydroxylamine groups is 3. The Morgan fingerprint density at radius 3 is 1.53 bits per heavy atom. The maximum absolute atomic E-state index is 11.4. The van der Waals surface area contributed by atoms with Crippen LogP contribution in [0.1, 0.15) is 0 Å². The largest absolute Gasteiger partial charge is 0.626 e. The summed E-state index contributed by atoms with van der Waals surface area (Å²) < 4.78 is 19.0. The van der Waals surface area contributed by atoms with Gasteiger partial charge in [0.2, 0.25) is 0 Å². The van der Waals surface area contributed by atoms with E-state index < -0.39 is 45.8 Å². The molecule has 0 aromatic heterocycles. The van der Waals surface area contributed by atoms with Gasteiger partial charge in [0.25, 0.3) is 0 Å². The van der Waals surface area contributed by atoms with Crippen molar-refractivity contribution in [1.82, 2.24) is 0 Å². The number of hydrogen-bond acceptors (Lipinski definition) is 4. The zero-order valence-electron chi connectivity index (χ0n) is 9.94. The van der Waals surface area contributed by atoms with E-state index in [4.69, 9.17) is 14.9 Å². The van der Waals surface area contributed by atoms with Crippen LogP contribution in [-0.4, -0.2) is 133 Å². The van der Waals surface area contributed by atoms with E-state index in [1.807, 2.05) is 0 Å². The fraction of sp³-hybridized carbons (Fsp3) is 0.750. The summed E-state index contributed by atoms with van der Waals surface area (Å²) in [6, 6.07) is 0. The molecule has 0 heterocycles. The predicted molar refractivity (Wildman–Crippen MR) is 62.8 cm³/mol. The zero-order chi connectivity index (χ0) is 11.4. The summed E-state index contributed by atoms with van der Waals surface area (Å²) in [7, 11) is -5.69. The van der Waals surface area contributed by atoms with Crippen molar-refractivity contribution in [1.29, 1.82) is 0 Å². The number of carboxylic acids is 1. The van der Waals surface area contributed by atoms with E-state index in [1.165, 1.54) is 0 Å². The summed E-state index contributed by atoms with van der Waals surface area (Å²) in [6.07, 6.45) is -1.80. The first-order chi connectivity index (χ1) is 6.25. The number of hydrogen-bond donors (Lipinski definition) is 3. The van der Waals surface area contributed by atoms with Crippen molar-refractivity contribution in [2.75, 3.05) is 19.1 Å². The Labute approximate surface area is 166 Å². The van der Waals surface area contributed by atoms with Crippen molar-refractivity contribution in [3.05, 3.63) is 5.21 Å². The molecular formula is C4H9NNa3O7P2+2. The number of quaternary nitrogens is 1. The molecule has 0 rings (SSSR count). The van der Waals surface area contributed by atoms with Gasteiger partial charge >= 0.3 is 34.6 Å². The number of rotatable bonds is 6. The van der Waals surface area contributed by atoms with Gasteiger partial charge in [-0.2, -0.15) is 9.79 Å². The van der Waals surface area contributed by atoms with Gasteiger partial charge in [-0.25, -0.2) is 4.79 Å². The molecule has 0 fully saturated rings.